The minimum Gasteiger partial charge on any atom is -0.356 e. The molecule has 0 amide bonds. The molecule has 0 spiro atoms. The molecule has 0 bridgehead atoms. The summed E-state index contributed by atoms with van der Waals surface area (Å²) in [7, 11) is 0. The normalized spacial score (nSPS) is 13.6. The molecule has 4 rings (SSSR count). The van der Waals surface area contributed by atoms with Gasteiger partial charge in [0, 0.05) is 4.90 Å². The largest absolute Gasteiger partial charge is 0.356 e. The lowest BCUT2D eigenvalue weighted by Crippen LogP contribution is -2.34. The van der Waals surface area contributed by atoms with Crippen LogP contribution in [0.15, 0.2) is 74.1 Å². The second-order valence-corrected chi connectivity index (χ2v) is 7.71. The molecule has 1 N–H and O–H groups in total. The van der Waals surface area contributed by atoms with Crippen molar-refractivity contribution in [3.63, 3.8) is 0 Å². The van der Waals surface area contributed by atoms with Crippen LogP contribution in [0.2, 0.25) is 0 Å². The molecule has 0 aliphatic heterocycles. The molecule has 1 saturated carbocycles. The number of halogens is 1. The van der Waals surface area contributed by atoms with E-state index >= 15 is 0 Å². The molecule has 0 unspecified atom stereocenters. The minimum atomic E-state index is -0.554. The van der Waals surface area contributed by atoms with Gasteiger partial charge in [-0.3, -0.25) is 14.3 Å². The van der Waals surface area contributed by atoms with Crippen molar-refractivity contribution in [2.24, 2.45) is 0 Å². The Bertz CT molecular complexity index is 1090. The van der Waals surface area contributed by atoms with Crippen LogP contribution in [0.25, 0.3) is 0 Å². The van der Waals surface area contributed by atoms with E-state index in [1.807, 2.05) is 30.3 Å². The minimum absolute atomic E-state index is 0.0268. The zero-order valence-electron chi connectivity index (χ0n) is 15.1. The van der Waals surface area contributed by atoms with Gasteiger partial charge in [-0.2, -0.15) is 0 Å². The average molecular weight is 398 g/mol. The SMILES string of the molecule is O=c1[nH]c(=O)n(COCc2ccccc2)c(Sc2ccccc2F)c1C1CC1. The first-order valence-electron chi connectivity index (χ1n) is 9.04. The maximum absolute atomic E-state index is 14.2. The van der Waals surface area contributed by atoms with Gasteiger partial charge in [-0.25, -0.2) is 9.18 Å². The molecule has 1 aromatic heterocycles. The molecule has 1 aliphatic rings. The van der Waals surface area contributed by atoms with Crippen molar-refractivity contribution in [1.29, 1.82) is 0 Å². The number of hydrogen-bond donors (Lipinski definition) is 1. The number of benzene rings is 2. The highest BCUT2D eigenvalue weighted by Crippen LogP contribution is 2.43. The highest BCUT2D eigenvalue weighted by molar-refractivity contribution is 7.99. The summed E-state index contributed by atoms with van der Waals surface area (Å²) in [6.07, 6.45) is 1.77. The zero-order valence-corrected chi connectivity index (χ0v) is 15.9. The Morgan fingerprint density at radius 2 is 1.79 bits per heavy atom. The van der Waals surface area contributed by atoms with Gasteiger partial charge in [0.25, 0.3) is 5.56 Å². The van der Waals surface area contributed by atoms with Crippen LogP contribution in [-0.2, 0) is 18.1 Å². The van der Waals surface area contributed by atoms with Crippen LogP contribution in [-0.4, -0.2) is 9.55 Å². The lowest BCUT2D eigenvalue weighted by molar-refractivity contribution is 0.0550. The molecule has 0 saturated heterocycles. The molecule has 144 valence electrons. The van der Waals surface area contributed by atoms with E-state index in [0.29, 0.717) is 22.1 Å². The van der Waals surface area contributed by atoms with E-state index in [1.165, 1.54) is 10.6 Å². The molecule has 1 aliphatic carbocycles. The molecular weight excluding hydrogens is 379 g/mol. The Morgan fingerprint density at radius 3 is 2.50 bits per heavy atom. The van der Waals surface area contributed by atoms with E-state index in [2.05, 4.69) is 4.98 Å². The maximum Gasteiger partial charge on any atom is 0.331 e. The molecule has 2 aromatic carbocycles. The Kier molecular flexibility index (Phi) is 5.45. The van der Waals surface area contributed by atoms with Gasteiger partial charge < -0.3 is 4.74 Å². The van der Waals surface area contributed by atoms with Crippen molar-refractivity contribution < 1.29 is 9.13 Å². The highest BCUT2D eigenvalue weighted by Gasteiger charge is 2.32. The van der Waals surface area contributed by atoms with Crippen LogP contribution < -0.4 is 11.2 Å². The van der Waals surface area contributed by atoms with Crippen LogP contribution in [0, 0.1) is 5.82 Å². The summed E-state index contributed by atoms with van der Waals surface area (Å²) in [5.41, 5.74) is 0.564. The van der Waals surface area contributed by atoms with Gasteiger partial charge in [-0.05, 0) is 36.5 Å². The van der Waals surface area contributed by atoms with Crippen LogP contribution >= 0.6 is 11.8 Å². The first kappa shape index (κ1) is 18.7. The predicted octanol–water partition coefficient (Wildman–Crippen LogP) is 3.88. The Morgan fingerprint density at radius 1 is 1.07 bits per heavy atom. The molecule has 28 heavy (non-hydrogen) atoms. The van der Waals surface area contributed by atoms with Crippen molar-refractivity contribution in [2.45, 2.75) is 42.0 Å². The third kappa shape index (κ3) is 4.10. The number of nitrogens with zero attached hydrogens (tertiary/aromatic N) is 1. The maximum atomic E-state index is 14.2. The predicted molar refractivity (Wildman–Crippen MR) is 105 cm³/mol. The van der Waals surface area contributed by atoms with E-state index in [-0.39, 0.29) is 12.6 Å². The van der Waals surface area contributed by atoms with E-state index < -0.39 is 17.1 Å². The number of rotatable bonds is 7. The monoisotopic (exact) mass is 398 g/mol. The number of ether oxygens (including phenoxy) is 1. The molecule has 0 atom stereocenters. The second kappa shape index (κ2) is 8.16. The Labute approximate surface area is 165 Å². The van der Waals surface area contributed by atoms with Crippen molar-refractivity contribution in [3.8, 4) is 0 Å². The lowest BCUT2D eigenvalue weighted by atomic mass is 10.2. The number of nitrogens with one attached hydrogen (secondary N) is 1. The Hall–Kier alpha value is -2.64. The van der Waals surface area contributed by atoms with Gasteiger partial charge in [0.1, 0.15) is 12.5 Å². The van der Waals surface area contributed by atoms with Crippen LogP contribution in [0.4, 0.5) is 4.39 Å². The summed E-state index contributed by atoms with van der Waals surface area (Å²) in [5, 5.41) is 0.453. The topological polar surface area (TPSA) is 64.1 Å². The quantitative estimate of drug-likeness (QED) is 0.614. The second-order valence-electron chi connectivity index (χ2n) is 6.68. The van der Waals surface area contributed by atoms with E-state index in [9.17, 15) is 14.0 Å². The molecular formula is C21H19FN2O3S. The van der Waals surface area contributed by atoms with Crippen LogP contribution in [0.1, 0.15) is 29.9 Å². The van der Waals surface area contributed by atoms with Crippen molar-refractivity contribution in [2.75, 3.05) is 0 Å². The number of hydrogen-bond acceptors (Lipinski definition) is 4. The number of aromatic nitrogens is 2. The van der Waals surface area contributed by atoms with Crippen molar-refractivity contribution in [1.82, 2.24) is 9.55 Å². The fourth-order valence-electron chi connectivity index (χ4n) is 2.99. The van der Waals surface area contributed by atoms with Crippen LogP contribution in [0.5, 0.6) is 0 Å². The highest BCUT2D eigenvalue weighted by atomic mass is 32.2. The van der Waals surface area contributed by atoms with Crippen LogP contribution in [0.3, 0.4) is 0 Å². The summed E-state index contributed by atoms with van der Waals surface area (Å²) in [4.78, 5) is 27.7. The average Bonchev–Trinajstić information content (AvgIpc) is 3.51. The molecule has 0 radical (unpaired) electrons. The summed E-state index contributed by atoms with van der Waals surface area (Å²) in [6, 6.07) is 15.9. The summed E-state index contributed by atoms with van der Waals surface area (Å²) < 4.78 is 21.3. The summed E-state index contributed by atoms with van der Waals surface area (Å²) in [5.74, 6) is -0.294. The van der Waals surface area contributed by atoms with Gasteiger partial charge >= 0.3 is 5.69 Å². The standard InChI is InChI=1S/C21H19FN2O3S/c22-16-8-4-5-9-17(16)28-20-18(15-10-11-15)19(25)23-21(26)24(20)13-27-12-14-6-2-1-3-7-14/h1-9,15H,10-13H2,(H,23,25,26). The third-order valence-corrected chi connectivity index (χ3v) is 5.73. The van der Waals surface area contributed by atoms with Gasteiger partial charge in [-0.15, -0.1) is 0 Å². The van der Waals surface area contributed by atoms with Gasteiger partial charge in [0.2, 0.25) is 0 Å². The summed E-state index contributed by atoms with van der Waals surface area (Å²) in [6.45, 7) is 0.302. The van der Waals surface area contributed by atoms with Crippen molar-refractivity contribution >= 4 is 11.8 Å². The molecule has 1 heterocycles. The number of H-pyrrole nitrogens is 1. The molecule has 3 aromatic rings. The van der Waals surface area contributed by atoms with E-state index in [1.54, 1.807) is 18.2 Å². The molecule has 1 fully saturated rings. The van der Waals surface area contributed by atoms with Gasteiger partial charge in [-0.1, -0.05) is 54.2 Å². The zero-order chi connectivity index (χ0) is 19.5. The number of aromatic amines is 1. The van der Waals surface area contributed by atoms with E-state index in [4.69, 9.17) is 4.74 Å². The first-order valence-corrected chi connectivity index (χ1v) is 9.86. The fourth-order valence-corrected chi connectivity index (χ4v) is 4.12. The smallest absolute Gasteiger partial charge is 0.331 e. The van der Waals surface area contributed by atoms with Gasteiger partial charge in [0.15, 0.2) is 0 Å². The lowest BCUT2D eigenvalue weighted by Gasteiger charge is -2.16. The Balaban J connectivity index is 1.68. The van der Waals surface area contributed by atoms with Gasteiger partial charge in [0.05, 0.1) is 17.2 Å². The van der Waals surface area contributed by atoms with Crippen molar-refractivity contribution in [3.05, 3.63) is 92.4 Å². The fraction of sp³-hybridized carbons (Fsp3) is 0.238. The molecule has 7 heteroatoms. The van der Waals surface area contributed by atoms with E-state index in [0.717, 1.165) is 30.2 Å². The third-order valence-electron chi connectivity index (χ3n) is 4.55. The summed E-state index contributed by atoms with van der Waals surface area (Å²) >= 11 is 1.10. The first-order chi connectivity index (χ1) is 13.6. The molecule has 5 nitrogen and oxygen atoms in total.